The Morgan fingerprint density at radius 2 is 2.24 bits per heavy atom. The molecule has 1 aliphatic heterocycles. The van der Waals surface area contributed by atoms with Crippen molar-refractivity contribution in [2.75, 3.05) is 13.1 Å². The number of para-hydroxylation sites is 1. The summed E-state index contributed by atoms with van der Waals surface area (Å²) in [5, 5.41) is 7.70. The van der Waals surface area contributed by atoms with Gasteiger partial charge in [-0.3, -0.25) is 4.79 Å². The van der Waals surface area contributed by atoms with E-state index in [-0.39, 0.29) is 5.91 Å². The van der Waals surface area contributed by atoms with Gasteiger partial charge in [0.2, 0.25) is 5.91 Å². The van der Waals surface area contributed by atoms with Gasteiger partial charge in [-0.25, -0.2) is 0 Å². The highest BCUT2D eigenvalue weighted by molar-refractivity contribution is 5.83. The number of aromatic nitrogens is 1. The summed E-state index contributed by atoms with van der Waals surface area (Å²) < 4.78 is 0. The Balaban J connectivity index is 1.42. The van der Waals surface area contributed by atoms with Crippen LogP contribution in [0.1, 0.15) is 31.2 Å². The van der Waals surface area contributed by atoms with Gasteiger partial charge >= 0.3 is 0 Å². The van der Waals surface area contributed by atoms with Gasteiger partial charge in [0.1, 0.15) is 0 Å². The quantitative estimate of drug-likeness (QED) is 0.763. The summed E-state index contributed by atoms with van der Waals surface area (Å²) in [6, 6.07) is 8.78. The smallest absolute Gasteiger partial charge is 0.220 e. The Morgan fingerprint density at radius 1 is 1.33 bits per heavy atom. The molecule has 0 spiro atoms. The van der Waals surface area contributed by atoms with Gasteiger partial charge in [0.05, 0.1) is 0 Å². The molecule has 3 rings (SSSR count). The molecule has 21 heavy (non-hydrogen) atoms. The van der Waals surface area contributed by atoms with E-state index in [1.807, 2.05) is 6.07 Å². The maximum Gasteiger partial charge on any atom is 0.220 e. The van der Waals surface area contributed by atoms with Crippen LogP contribution in [0.3, 0.4) is 0 Å². The van der Waals surface area contributed by atoms with Crippen LogP contribution in [-0.4, -0.2) is 30.0 Å². The highest BCUT2D eigenvalue weighted by atomic mass is 16.1. The number of rotatable bonds is 6. The Hall–Kier alpha value is -1.81. The molecule has 0 aliphatic carbocycles. The first-order valence-electron chi connectivity index (χ1n) is 7.88. The highest BCUT2D eigenvalue weighted by Crippen LogP contribution is 2.19. The first-order chi connectivity index (χ1) is 10.3. The second-order valence-corrected chi connectivity index (χ2v) is 5.81. The van der Waals surface area contributed by atoms with Gasteiger partial charge in [-0.15, -0.1) is 0 Å². The number of fused-ring (bicyclic) bond motifs is 1. The lowest BCUT2D eigenvalue weighted by molar-refractivity contribution is -0.121. The zero-order valence-electron chi connectivity index (χ0n) is 12.3. The first kappa shape index (κ1) is 14.1. The molecule has 1 saturated heterocycles. The average Bonchev–Trinajstić information content (AvgIpc) is 3.15. The molecule has 0 bridgehead atoms. The molecule has 0 radical (unpaired) electrons. The van der Waals surface area contributed by atoms with E-state index in [9.17, 15) is 4.79 Å². The van der Waals surface area contributed by atoms with Crippen LogP contribution in [0, 0.1) is 0 Å². The lowest BCUT2D eigenvalue weighted by Gasteiger charge is -2.11. The van der Waals surface area contributed by atoms with E-state index in [1.165, 1.54) is 29.3 Å². The molecule has 1 atom stereocenters. The second-order valence-electron chi connectivity index (χ2n) is 5.81. The molecular formula is C17H23N3O. The van der Waals surface area contributed by atoms with Gasteiger partial charge in [-0.2, -0.15) is 0 Å². The third kappa shape index (κ3) is 3.64. The molecule has 1 aliphatic rings. The van der Waals surface area contributed by atoms with Crippen LogP contribution in [0.2, 0.25) is 0 Å². The average molecular weight is 285 g/mol. The van der Waals surface area contributed by atoms with E-state index < -0.39 is 0 Å². The SMILES string of the molecule is O=C(CCCc1c[nH]c2ccccc12)NCC1CCCN1. The minimum Gasteiger partial charge on any atom is -0.361 e. The van der Waals surface area contributed by atoms with Crippen molar-refractivity contribution >= 4 is 16.8 Å². The van der Waals surface area contributed by atoms with Crippen molar-refractivity contribution in [3.8, 4) is 0 Å². The van der Waals surface area contributed by atoms with Crippen LogP contribution in [-0.2, 0) is 11.2 Å². The molecule has 1 aromatic heterocycles. The summed E-state index contributed by atoms with van der Waals surface area (Å²) in [6.07, 6.45) is 6.90. The molecule has 4 heteroatoms. The lowest BCUT2D eigenvalue weighted by Crippen LogP contribution is -2.37. The molecule has 2 heterocycles. The molecule has 1 amide bonds. The van der Waals surface area contributed by atoms with E-state index in [4.69, 9.17) is 0 Å². The monoisotopic (exact) mass is 285 g/mol. The molecule has 3 N–H and O–H groups in total. The van der Waals surface area contributed by atoms with Crippen molar-refractivity contribution in [1.29, 1.82) is 0 Å². The zero-order chi connectivity index (χ0) is 14.5. The van der Waals surface area contributed by atoms with Crippen molar-refractivity contribution in [2.24, 2.45) is 0 Å². The predicted molar refractivity (Wildman–Crippen MR) is 85.3 cm³/mol. The molecule has 1 aromatic carbocycles. The molecule has 1 fully saturated rings. The summed E-state index contributed by atoms with van der Waals surface area (Å²) in [5.41, 5.74) is 2.47. The van der Waals surface area contributed by atoms with Gasteiger partial charge in [-0.05, 0) is 43.9 Å². The maximum absolute atomic E-state index is 11.8. The van der Waals surface area contributed by atoms with Crippen LogP contribution < -0.4 is 10.6 Å². The van der Waals surface area contributed by atoms with Gasteiger partial charge in [0.25, 0.3) is 0 Å². The standard InChI is InChI=1S/C17H23N3O/c21-17(20-12-14-6-4-10-18-14)9-3-5-13-11-19-16-8-2-1-7-15(13)16/h1-2,7-8,11,14,18-19H,3-6,9-10,12H2,(H,20,21). The summed E-state index contributed by atoms with van der Waals surface area (Å²) in [7, 11) is 0. The zero-order valence-corrected chi connectivity index (χ0v) is 12.3. The van der Waals surface area contributed by atoms with E-state index in [2.05, 4.69) is 40.0 Å². The first-order valence-corrected chi connectivity index (χ1v) is 7.88. The number of aryl methyl sites for hydroxylation is 1. The van der Waals surface area contributed by atoms with E-state index in [1.54, 1.807) is 0 Å². The minimum absolute atomic E-state index is 0.170. The molecular weight excluding hydrogens is 262 g/mol. The van der Waals surface area contributed by atoms with Crippen molar-refractivity contribution in [3.63, 3.8) is 0 Å². The van der Waals surface area contributed by atoms with E-state index in [0.717, 1.165) is 25.9 Å². The Kier molecular flexibility index (Phi) is 4.55. The number of H-pyrrole nitrogens is 1. The number of hydrogen-bond donors (Lipinski definition) is 3. The fourth-order valence-electron chi connectivity index (χ4n) is 3.03. The van der Waals surface area contributed by atoms with Crippen LogP contribution >= 0.6 is 0 Å². The number of aromatic amines is 1. The number of amides is 1. The molecule has 4 nitrogen and oxygen atoms in total. The van der Waals surface area contributed by atoms with Crippen LogP contribution in [0.25, 0.3) is 10.9 Å². The summed E-state index contributed by atoms with van der Waals surface area (Å²) in [6.45, 7) is 1.85. The van der Waals surface area contributed by atoms with E-state index in [0.29, 0.717) is 12.5 Å². The summed E-state index contributed by atoms with van der Waals surface area (Å²) in [4.78, 5) is 15.1. The molecule has 112 valence electrons. The van der Waals surface area contributed by atoms with Crippen LogP contribution in [0.5, 0.6) is 0 Å². The normalized spacial score (nSPS) is 18.2. The largest absolute Gasteiger partial charge is 0.361 e. The minimum atomic E-state index is 0.170. The van der Waals surface area contributed by atoms with Crippen molar-refractivity contribution < 1.29 is 4.79 Å². The molecule has 2 aromatic rings. The Labute approximate surface area is 125 Å². The van der Waals surface area contributed by atoms with Gasteiger partial charge in [0.15, 0.2) is 0 Å². The lowest BCUT2D eigenvalue weighted by atomic mass is 10.1. The maximum atomic E-state index is 11.8. The fourth-order valence-corrected chi connectivity index (χ4v) is 3.03. The van der Waals surface area contributed by atoms with Crippen LogP contribution in [0.4, 0.5) is 0 Å². The Bertz CT molecular complexity index is 599. The number of carbonyl (C=O) groups is 1. The number of hydrogen-bond acceptors (Lipinski definition) is 2. The van der Waals surface area contributed by atoms with Crippen LogP contribution in [0.15, 0.2) is 30.5 Å². The fraction of sp³-hybridized carbons (Fsp3) is 0.471. The van der Waals surface area contributed by atoms with Crippen molar-refractivity contribution in [2.45, 2.75) is 38.1 Å². The number of nitrogens with one attached hydrogen (secondary N) is 3. The summed E-state index contributed by atoms with van der Waals surface area (Å²) >= 11 is 0. The second kappa shape index (κ2) is 6.76. The topological polar surface area (TPSA) is 56.9 Å². The third-order valence-corrected chi connectivity index (χ3v) is 4.23. The number of benzene rings is 1. The third-order valence-electron chi connectivity index (χ3n) is 4.23. The highest BCUT2D eigenvalue weighted by Gasteiger charge is 2.14. The summed E-state index contributed by atoms with van der Waals surface area (Å²) in [5.74, 6) is 0.170. The van der Waals surface area contributed by atoms with Crippen molar-refractivity contribution in [3.05, 3.63) is 36.0 Å². The predicted octanol–water partition coefficient (Wildman–Crippen LogP) is 2.36. The van der Waals surface area contributed by atoms with Gasteiger partial charge in [0, 0.05) is 36.1 Å². The molecule has 0 saturated carbocycles. The van der Waals surface area contributed by atoms with Crippen molar-refractivity contribution in [1.82, 2.24) is 15.6 Å². The number of carbonyl (C=O) groups excluding carboxylic acids is 1. The molecule has 1 unspecified atom stereocenters. The van der Waals surface area contributed by atoms with E-state index >= 15 is 0 Å². The Morgan fingerprint density at radius 3 is 3.10 bits per heavy atom. The van der Waals surface area contributed by atoms with Gasteiger partial charge < -0.3 is 15.6 Å². The van der Waals surface area contributed by atoms with Gasteiger partial charge in [-0.1, -0.05) is 18.2 Å².